The van der Waals surface area contributed by atoms with Crippen LogP contribution in [0.4, 0.5) is 5.69 Å². The third kappa shape index (κ3) is 2.49. The zero-order valence-electron chi connectivity index (χ0n) is 12.3. The molecule has 0 spiro atoms. The fourth-order valence-electron chi connectivity index (χ4n) is 3.10. The molecule has 1 aliphatic carbocycles. The molecule has 0 radical (unpaired) electrons. The van der Waals surface area contributed by atoms with Crippen molar-refractivity contribution in [2.45, 2.75) is 39.7 Å². The molecule has 1 atom stereocenters. The first kappa shape index (κ1) is 13.7. The lowest BCUT2D eigenvalue weighted by Gasteiger charge is -2.18. The van der Waals surface area contributed by atoms with Crippen LogP contribution in [0.5, 0.6) is 0 Å². The van der Waals surface area contributed by atoms with Gasteiger partial charge in [-0.25, -0.2) is 0 Å². The third-order valence-corrected chi connectivity index (χ3v) is 5.41. The second-order valence-corrected chi connectivity index (χ2v) is 6.65. The summed E-state index contributed by atoms with van der Waals surface area (Å²) < 4.78 is 1.21. The average molecular weight is 330 g/mol. The standard InChI is InChI=1S/C18H20BrN/c1-11-4-5-14-6-7-17(16(14)8-11)20-15-9-12(2)18(19)13(3)10-15/h4-5,8-10,17,20H,6-7H2,1-3H3. The second-order valence-electron chi connectivity index (χ2n) is 5.86. The Labute approximate surface area is 129 Å². The van der Waals surface area contributed by atoms with Gasteiger partial charge >= 0.3 is 0 Å². The van der Waals surface area contributed by atoms with E-state index in [9.17, 15) is 0 Å². The van der Waals surface area contributed by atoms with E-state index in [-0.39, 0.29) is 0 Å². The van der Waals surface area contributed by atoms with Crippen LogP contribution in [0.15, 0.2) is 34.8 Å². The molecule has 104 valence electrons. The van der Waals surface area contributed by atoms with Crippen LogP contribution < -0.4 is 5.32 Å². The molecule has 0 aliphatic heterocycles. The lowest BCUT2D eigenvalue weighted by Crippen LogP contribution is -2.07. The number of rotatable bonds is 2. The Morgan fingerprint density at radius 3 is 2.45 bits per heavy atom. The lowest BCUT2D eigenvalue weighted by molar-refractivity contribution is 0.761. The summed E-state index contributed by atoms with van der Waals surface area (Å²) in [5.41, 5.74) is 8.12. The largest absolute Gasteiger partial charge is 0.378 e. The Balaban J connectivity index is 1.89. The first-order valence-corrected chi connectivity index (χ1v) is 7.96. The number of halogens is 1. The highest BCUT2D eigenvalue weighted by atomic mass is 79.9. The molecule has 0 saturated heterocycles. The van der Waals surface area contributed by atoms with Crippen LogP contribution in [-0.4, -0.2) is 0 Å². The van der Waals surface area contributed by atoms with Gasteiger partial charge in [-0.05, 0) is 68.0 Å². The van der Waals surface area contributed by atoms with Crippen molar-refractivity contribution in [1.82, 2.24) is 0 Å². The minimum atomic E-state index is 0.449. The molecule has 2 aromatic carbocycles. The number of nitrogens with one attached hydrogen (secondary N) is 1. The maximum Gasteiger partial charge on any atom is 0.0519 e. The van der Waals surface area contributed by atoms with Crippen molar-refractivity contribution in [3.63, 3.8) is 0 Å². The Morgan fingerprint density at radius 1 is 1.05 bits per heavy atom. The topological polar surface area (TPSA) is 12.0 Å². The van der Waals surface area contributed by atoms with Gasteiger partial charge in [0.1, 0.15) is 0 Å². The molecule has 1 nitrogen and oxygen atoms in total. The van der Waals surface area contributed by atoms with Crippen molar-refractivity contribution < 1.29 is 0 Å². The molecule has 2 aromatic rings. The van der Waals surface area contributed by atoms with Crippen LogP contribution in [0.25, 0.3) is 0 Å². The summed E-state index contributed by atoms with van der Waals surface area (Å²) in [6, 6.07) is 11.7. The maximum atomic E-state index is 3.71. The molecule has 1 aliphatic rings. The Kier molecular flexibility index (Phi) is 3.59. The Hall–Kier alpha value is -1.28. The van der Waals surface area contributed by atoms with E-state index >= 15 is 0 Å². The summed E-state index contributed by atoms with van der Waals surface area (Å²) in [5, 5.41) is 3.71. The van der Waals surface area contributed by atoms with Crippen molar-refractivity contribution >= 4 is 21.6 Å². The van der Waals surface area contributed by atoms with E-state index in [2.05, 4.69) is 72.3 Å². The number of hydrogen-bond donors (Lipinski definition) is 1. The predicted octanol–water partition coefficient (Wildman–Crippen LogP) is 5.47. The van der Waals surface area contributed by atoms with Gasteiger partial charge in [-0.15, -0.1) is 0 Å². The molecule has 0 saturated carbocycles. The van der Waals surface area contributed by atoms with E-state index in [1.165, 1.54) is 50.8 Å². The van der Waals surface area contributed by atoms with Gasteiger partial charge in [0, 0.05) is 10.2 Å². The van der Waals surface area contributed by atoms with Crippen LogP contribution in [0.2, 0.25) is 0 Å². The van der Waals surface area contributed by atoms with E-state index in [1.807, 2.05) is 0 Å². The molecular formula is C18H20BrN. The first-order chi connectivity index (χ1) is 9.54. The summed E-state index contributed by atoms with van der Waals surface area (Å²) in [6.45, 7) is 6.47. The van der Waals surface area contributed by atoms with E-state index in [1.54, 1.807) is 0 Å². The minimum Gasteiger partial charge on any atom is -0.378 e. The van der Waals surface area contributed by atoms with Gasteiger partial charge in [-0.1, -0.05) is 39.7 Å². The molecule has 0 heterocycles. The number of benzene rings is 2. The molecule has 0 bridgehead atoms. The molecule has 1 N–H and O–H groups in total. The smallest absolute Gasteiger partial charge is 0.0519 e. The van der Waals surface area contributed by atoms with Gasteiger partial charge in [0.05, 0.1) is 6.04 Å². The van der Waals surface area contributed by atoms with E-state index in [4.69, 9.17) is 0 Å². The monoisotopic (exact) mass is 329 g/mol. The second kappa shape index (κ2) is 5.25. The quantitative estimate of drug-likeness (QED) is 0.769. The molecule has 2 heteroatoms. The zero-order chi connectivity index (χ0) is 14.3. The Morgan fingerprint density at radius 2 is 1.75 bits per heavy atom. The molecule has 3 rings (SSSR count). The van der Waals surface area contributed by atoms with Gasteiger partial charge in [0.15, 0.2) is 0 Å². The van der Waals surface area contributed by atoms with Gasteiger partial charge < -0.3 is 5.32 Å². The summed E-state index contributed by atoms with van der Waals surface area (Å²) >= 11 is 3.63. The lowest BCUT2D eigenvalue weighted by atomic mass is 10.0. The van der Waals surface area contributed by atoms with Crippen LogP contribution in [0.3, 0.4) is 0 Å². The normalized spacial score (nSPS) is 17.1. The summed E-state index contributed by atoms with van der Waals surface area (Å²) in [5.74, 6) is 0. The maximum absolute atomic E-state index is 3.71. The average Bonchev–Trinajstić information content (AvgIpc) is 2.78. The fraction of sp³-hybridized carbons (Fsp3) is 0.333. The third-order valence-electron chi connectivity index (χ3n) is 4.16. The molecule has 1 unspecified atom stereocenters. The van der Waals surface area contributed by atoms with E-state index < -0.39 is 0 Å². The van der Waals surface area contributed by atoms with Crippen molar-refractivity contribution in [1.29, 1.82) is 0 Å². The van der Waals surface area contributed by atoms with Gasteiger partial charge in [-0.3, -0.25) is 0 Å². The Bertz CT molecular complexity index is 637. The van der Waals surface area contributed by atoms with E-state index in [0.29, 0.717) is 6.04 Å². The van der Waals surface area contributed by atoms with Gasteiger partial charge in [0.25, 0.3) is 0 Å². The predicted molar refractivity (Wildman–Crippen MR) is 89.5 cm³/mol. The van der Waals surface area contributed by atoms with Gasteiger partial charge in [-0.2, -0.15) is 0 Å². The number of hydrogen-bond acceptors (Lipinski definition) is 1. The van der Waals surface area contributed by atoms with Crippen LogP contribution >= 0.6 is 15.9 Å². The number of anilines is 1. The van der Waals surface area contributed by atoms with Gasteiger partial charge in [0.2, 0.25) is 0 Å². The molecule has 20 heavy (non-hydrogen) atoms. The summed E-state index contributed by atoms with van der Waals surface area (Å²) in [4.78, 5) is 0. The minimum absolute atomic E-state index is 0.449. The molecule has 0 amide bonds. The van der Waals surface area contributed by atoms with Crippen LogP contribution in [0, 0.1) is 20.8 Å². The van der Waals surface area contributed by atoms with Crippen molar-refractivity contribution in [2.24, 2.45) is 0 Å². The zero-order valence-corrected chi connectivity index (χ0v) is 13.8. The highest BCUT2D eigenvalue weighted by Crippen LogP contribution is 2.35. The van der Waals surface area contributed by atoms with Crippen LogP contribution in [-0.2, 0) is 6.42 Å². The number of fused-ring (bicyclic) bond motifs is 1. The highest BCUT2D eigenvalue weighted by Gasteiger charge is 2.22. The van der Waals surface area contributed by atoms with Crippen molar-refractivity contribution in [2.75, 3.05) is 5.32 Å². The van der Waals surface area contributed by atoms with Crippen molar-refractivity contribution in [3.8, 4) is 0 Å². The molecule has 0 aromatic heterocycles. The van der Waals surface area contributed by atoms with Crippen LogP contribution in [0.1, 0.15) is 40.3 Å². The fourth-order valence-corrected chi connectivity index (χ4v) is 3.33. The molecule has 0 fully saturated rings. The summed E-state index contributed by atoms with van der Waals surface area (Å²) in [6.07, 6.45) is 2.37. The number of aryl methyl sites for hydroxylation is 4. The highest BCUT2D eigenvalue weighted by molar-refractivity contribution is 9.10. The SMILES string of the molecule is Cc1ccc2c(c1)C(Nc1cc(C)c(Br)c(C)c1)CC2. The molecular weight excluding hydrogens is 310 g/mol. The van der Waals surface area contributed by atoms with E-state index in [0.717, 1.165) is 0 Å². The first-order valence-electron chi connectivity index (χ1n) is 7.17. The summed E-state index contributed by atoms with van der Waals surface area (Å²) in [7, 11) is 0. The van der Waals surface area contributed by atoms with Crippen molar-refractivity contribution in [3.05, 3.63) is 62.6 Å².